The Labute approximate surface area is 623 Å². The van der Waals surface area contributed by atoms with Crippen LogP contribution in [0.3, 0.4) is 0 Å². The lowest BCUT2D eigenvalue weighted by Gasteiger charge is -2.41. The van der Waals surface area contributed by atoms with Crippen molar-refractivity contribution in [3.05, 3.63) is 103 Å². The van der Waals surface area contributed by atoms with Gasteiger partial charge >= 0.3 is 23.7 Å². The topological polar surface area (TPSA) is 479 Å². The number of aliphatic hydroxyl groups excluding tert-OH is 8. The van der Waals surface area contributed by atoms with Crippen molar-refractivity contribution in [2.75, 3.05) is 13.2 Å². The number of aliphatic imine (C=N–C) groups is 1. The second kappa shape index (κ2) is 34.0. The predicted molar refractivity (Wildman–Crippen MR) is 391 cm³/mol. The van der Waals surface area contributed by atoms with Gasteiger partial charge in [-0.15, -0.1) is 0 Å². The van der Waals surface area contributed by atoms with Crippen LogP contribution in [0, 0.1) is 0 Å². The number of nitrogens with two attached hydrogens (primary N) is 1. The van der Waals surface area contributed by atoms with Gasteiger partial charge in [-0.1, -0.05) is 83.1 Å². The van der Waals surface area contributed by atoms with Gasteiger partial charge in [0, 0.05) is 62.2 Å². The summed E-state index contributed by atoms with van der Waals surface area (Å²) in [7, 11) is -6.18. The standard InChI is InChI=1S/C18H32N2O6Si.C16H31N3O4Si.C16H26N2O4Si.C9H12N2O6.C9H10N2O5/c1-8-12-14(26-27(6,7)18(3,4)5)15(24-11(2)21)16(25-12)20-10-9-13(22)19-17(20)23;1-7-10-13(23-24(5,6)16(2,3)4)12(20)14(22-10)19-9-8-11(17)18-15(19)21;1-7-10-12(22-23(5,6)16(2,3)4)13-14(20-10)18-9-8-11(19)17-15(18)21-13;12-3-4-6(14)7(15)8(17-4)11-2-1-5(13)10-9(11)16;12-3-4-6(14)7-8(15-4)11-2-1-5(13)10-9(11)16-7/h9-10,12,14-17,23H,8H2,1-7H3,(H,19,22);8-10,12-15,20-21H,7H2,1-6H3,(H2,17,18);8-10,12-14H,7H2,1-6H3;1-2,4,6-8,12,14-15H,3H2,(H,10,13,16);1-2,4,6-8,12,14H,3H2. The molecule has 3 aromatic heterocycles. The zero-order valence-corrected chi connectivity index (χ0v) is 67.2. The molecule has 9 aliphatic heterocycles. The highest BCUT2D eigenvalue weighted by Gasteiger charge is 2.58. The van der Waals surface area contributed by atoms with Crippen molar-refractivity contribution in [3.8, 4) is 12.0 Å². The SMILES string of the molecule is CCC1OC(N2C=CC(=O)NC2O)C(OC(C)=O)C1O[Si](C)(C)C(C)(C)C.CCC1OC(N2C=CC(N)=NC2O)C(O)C1O[Si](C)(C)C(C)(C)C.CCC1OC2C(Oc3nc(=O)ccn32)C1O[Si](C)(C)C(C)(C)C.O=c1ccn(C2OC(CO)C(O)C2O)c(=O)[nH]1.O=c1ccn2c(n1)OC1C(O)C(CO)OC12. The number of hydrogen-bond acceptors (Lipinski definition) is 31. The van der Waals surface area contributed by atoms with Crippen LogP contribution in [-0.2, 0) is 51.3 Å². The fourth-order valence-corrected chi connectivity index (χ4v) is 16.2. The van der Waals surface area contributed by atoms with E-state index < -0.39 is 159 Å². The molecular weight excluding hydrogens is 1460 g/mol. The summed E-state index contributed by atoms with van der Waals surface area (Å²) in [5, 5.41) is 80.5. The molecule has 600 valence electrons. The van der Waals surface area contributed by atoms with Crippen LogP contribution in [0.5, 0.6) is 12.0 Å². The first-order valence-corrected chi connectivity index (χ1v) is 44.6. The molecule has 1 amide bonds. The summed E-state index contributed by atoms with van der Waals surface area (Å²) in [5.41, 5.74) is 3.55. The third-order valence-corrected chi connectivity index (χ3v) is 34.8. The Morgan fingerprint density at radius 1 is 0.533 bits per heavy atom. The minimum absolute atomic E-state index is 0.00768. The number of carbonyl (C=O) groups is 2. The molecule has 5 fully saturated rings. The first-order chi connectivity index (χ1) is 49.7. The molecule has 12 heterocycles. The molecule has 9 aliphatic rings. The van der Waals surface area contributed by atoms with E-state index in [-0.39, 0.29) is 75.9 Å². The van der Waals surface area contributed by atoms with Crippen molar-refractivity contribution in [2.45, 2.75) is 299 Å². The maximum Gasteiger partial charge on any atom is 0.330 e. The molecule has 12 rings (SSSR count). The zero-order valence-electron chi connectivity index (χ0n) is 64.2. The Balaban J connectivity index is 0.000000171. The molecule has 0 aromatic carbocycles. The number of aromatic nitrogens is 6. The van der Waals surface area contributed by atoms with Gasteiger partial charge in [-0.3, -0.25) is 42.7 Å². The molecule has 22 atom stereocenters. The first kappa shape index (κ1) is 86.1. The monoisotopic (exact) mass is 1570 g/mol. The van der Waals surface area contributed by atoms with Gasteiger partial charge in [0.15, 0.2) is 74.4 Å². The molecule has 0 radical (unpaired) electrons. The lowest BCUT2D eigenvalue weighted by atomic mass is 10.1. The number of hydrogen-bond donors (Lipinski definition) is 11. The van der Waals surface area contributed by atoms with Crippen molar-refractivity contribution < 1.29 is 102 Å². The summed E-state index contributed by atoms with van der Waals surface area (Å²) in [6.07, 6.45) is -2.56. The van der Waals surface area contributed by atoms with E-state index in [1.807, 2.05) is 18.8 Å². The van der Waals surface area contributed by atoms with E-state index in [1.165, 1.54) is 51.9 Å². The normalized spacial score (nSPS) is 32.8. The van der Waals surface area contributed by atoms with Crippen molar-refractivity contribution in [1.29, 1.82) is 0 Å². The minimum Gasteiger partial charge on any atom is -0.455 e. The van der Waals surface area contributed by atoms with Gasteiger partial charge in [0.1, 0.15) is 60.8 Å². The Morgan fingerprint density at radius 3 is 1.46 bits per heavy atom. The third-order valence-electron chi connectivity index (χ3n) is 21.4. The summed E-state index contributed by atoms with van der Waals surface area (Å²) < 4.78 is 69.6. The van der Waals surface area contributed by atoms with E-state index in [0.29, 0.717) is 18.9 Å². The summed E-state index contributed by atoms with van der Waals surface area (Å²) in [4.78, 5) is 84.4. The summed E-state index contributed by atoms with van der Waals surface area (Å²) >= 11 is 0. The van der Waals surface area contributed by atoms with Gasteiger partial charge < -0.3 is 113 Å². The van der Waals surface area contributed by atoms with Crippen LogP contribution in [0.2, 0.25) is 54.4 Å². The average Bonchev–Trinajstić information content (AvgIpc) is 1.60. The number of fused-ring (bicyclic) bond motifs is 6. The molecule has 0 saturated carbocycles. The number of H-pyrrole nitrogens is 1. The first-order valence-electron chi connectivity index (χ1n) is 35.9. The van der Waals surface area contributed by atoms with Crippen LogP contribution in [-0.4, -0.2) is 252 Å². The van der Waals surface area contributed by atoms with E-state index >= 15 is 0 Å². The number of ether oxygens (including phenoxy) is 8. The Hall–Kier alpha value is -6.46. The second-order valence-electron chi connectivity index (χ2n) is 31.9. The van der Waals surface area contributed by atoms with Crippen molar-refractivity contribution in [2.24, 2.45) is 10.7 Å². The largest absolute Gasteiger partial charge is 0.455 e. The number of amides is 1. The maximum absolute atomic E-state index is 11.8. The van der Waals surface area contributed by atoms with Gasteiger partial charge in [0.2, 0.25) is 18.6 Å². The molecule has 107 heavy (non-hydrogen) atoms. The molecule has 36 nitrogen and oxygen atoms in total. The van der Waals surface area contributed by atoms with Gasteiger partial charge in [-0.25, -0.2) is 9.79 Å². The summed E-state index contributed by atoms with van der Waals surface area (Å²) in [6, 6.07) is 4.28. The van der Waals surface area contributed by atoms with E-state index in [9.17, 15) is 59.4 Å². The second-order valence-corrected chi connectivity index (χ2v) is 46.2. The highest BCUT2D eigenvalue weighted by Crippen LogP contribution is 2.47. The number of nitrogens with zero attached hydrogens (tertiary/aromatic N) is 8. The van der Waals surface area contributed by atoms with E-state index in [2.05, 4.69) is 129 Å². The Bertz CT molecular complexity index is 3890. The zero-order chi connectivity index (χ0) is 79.7. The van der Waals surface area contributed by atoms with Crippen LogP contribution >= 0.6 is 0 Å². The third kappa shape index (κ3) is 19.1. The molecule has 12 N–H and O–H groups in total. The van der Waals surface area contributed by atoms with E-state index in [1.54, 1.807) is 23.0 Å². The number of amidine groups is 1. The molecule has 0 aliphatic carbocycles. The molecule has 39 heteroatoms. The maximum atomic E-state index is 11.8. The number of aromatic amines is 1. The molecule has 5 saturated heterocycles. The number of carbonyl (C=O) groups excluding carboxylic acids is 2. The lowest BCUT2D eigenvalue weighted by molar-refractivity contribution is -0.172. The van der Waals surface area contributed by atoms with Gasteiger partial charge in [0.25, 0.3) is 16.7 Å². The number of aliphatic hydroxyl groups is 8. The lowest BCUT2D eigenvalue weighted by Crippen LogP contribution is -2.57. The van der Waals surface area contributed by atoms with Gasteiger partial charge in [0.05, 0.1) is 31.5 Å². The Morgan fingerprint density at radius 2 is 0.972 bits per heavy atom. The van der Waals surface area contributed by atoms with Gasteiger partial charge in [-0.05, 0) is 79.7 Å². The van der Waals surface area contributed by atoms with Crippen LogP contribution < -0.4 is 42.9 Å². The minimum atomic E-state index is -2.17. The highest BCUT2D eigenvalue weighted by molar-refractivity contribution is 6.75. The summed E-state index contributed by atoms with van der Waals surface area (Å²) in [6.45, 7) is 39.3. The van der Waals surface area contributed by atoms with Gasteiger partial charge in [-0.2, -0.15) is 9.97 Å². The smallest absolute Gasteiger partial charge is 0.330 e. The van der Waals surface area contributed by atoms with Crippen molar-refractivity contribution in [1.82, 2.24) is 43.8 Å². The molecule has 0 spiro atoms. The molecule has 3 aromatic rings. The van der Waals surface area contributed by atoms with E-state index in [0.717, 1.165) is 23.3 Å². The molecule has 0 bridgehead atoms. The predicted octanol–water partition coefficient (Wildman–Crippen LogP) is 1.10. The number of esters is 1. The van der Waals surface area contributed by atoms with Crippen LogP contribution in [0.15, 0.2) is 85.5 Å². The van der Waals surface area contributed by atoms with E-state index in [4.69, 9.17) is 67.1 Å². The average molecular weight is 1570 g/mol. The van der Waals surface area contributed by atoms with Crippen LogP contribution in [0.25, 0.3) is 0 Å². The molecular formula is C68H111N11O25Si3. The van der Waals surface area contributed by atoms with Crippen molar-refractivity contribution >= 4 is 42.7 Å². The number of rotatable bonds is 15. The number of nitrogens with one attached hydrogen (secondary N) is 2. The summed E-state index contributed by atoms with van der Waals surface area (Å²) in [5.74, 6) is -0.608. The van der Waals surface area contributed by atoms with Crippen molar-refractivity contribution in [3.63, 3.8) is 0 Å². The Kier molecular flexibility index (Phi) is 27.4. The van der Waals surface area contributed by atoms with Crippen LogP contribution in [0.4, 0.5) is 0 Å². The fraction of sp³-hybridized carbons (Fsp3) is 0.721. The van der Waals surface area contributed by atoms with Crippen LogP contribution in [0.1, 0.15) is 128 Å². The highest BCUT2D eigenvalue weighted by atomic mass is 28.4. The fourth-order valence-electron chi connectivity index (χ4n) is 12.2. The quantitative estimate of drug-likeness (QED) is 0.0750. The molecule has 22 unspecified atom stereocenters.